The average molecular weight is 329 g/mol. The van der Waals surface area contributed by atoms with E-state index >= 15 is 0 Å². The smallest absolute Gasteiger partial charge is 0.229 e. The second-order valence-electron chi connectivity index (χ2n) is 6.44. The fraction of sp³-hybridized carbons (Fsp3) is 0.800. The number of aromatic nitrogens is 2. The van der Waals surface area contributed by atoms with Crippen molar-refractivity contribution in [3.8, 4) is 0 Å². The quantitative estimate of drug-likeness (QED) is 0.881. The van der Waals surface area contributed by atoms with Gasteiger partial charge in [-0.2, -0.15) is 4.98 Å². The zero-order chi connectivity index (χ0) is 14.8. The Kier molecular flexibility index (Phi) is 5.81. The van der Waals surface area contributed by atoms with E-state index in [2.05, 4.69) is 20.8 Å². The minimum atomic E-state index is 0. The molecule has 0 spiro atoms. The van der Waals surface area contributed by atoms with E-state index in [0.717, 1.165) is 44.7 Å². The molecule has 124 valence electrons. The first-order valence-electron chi connectivity index (χ1n) is 7.94. The third kappa shape index (κ3) is 3.79. The standard InChI is InChI=1S/C15H24N4O2.ClH/c1-9(12-7-16-8-12)14(20)18-13-5-3-11(4-6-13)15-17-10(2)19-21-15;/h9,11-13,16H,3-8H2,1-2H3,(H,18,20);1H. The van der Waals surface area contributed by atoms with E-state index in [1.807, 2.05) is 13.8 Å². The molecule has 2 N–H and O–H groups in total. The summed E-state index contributed by atoms with van der Waals surface area (Å²) >= 11 is 0. The summed E-state index contributed by atoms with van der Waals surface area (Å²) in [5, 5.41) is 10.3. The van der Waals surface area contributed by atoms with Crippen LogP contribution in [0.1, 0.15) is 50.2 Å². The van der Waals surface area contributed by atoms with Gasteiger partial charge < -0.3 is 15.2 Å². The van der Waals surface area contributed by atoms with Gasteiger partial charge in [0.1, 0.15) is 0 Å². The molecular weight excluding hydrogens is 304 g/mol. The van der Waals surface area contributed by atoms with E-state index in [9.17, 15) is 4.79 Å². The third-order valence-electron chi connectivity index (χ3n) is 4.90. The highest BCUT2D eigenvalue weighted by atomic mass is 35.5. The van der Waals surface area contributed by atoms with Crippen LogP contribution in [0.3, 0.4) is 0 Å². The van der Waals surface area contributed by atoms with Crippen LogP contribution in [0.15, 0.2) is 4.52 Å². The maximum absolute atomic E-state index is 12.2. The molecule has 2 heterocycles. The van der Waals surface area contributed by atoms with Crippen LogP contribution in [0.2, 0.25) is 0 Å². The lowest BCUT2D eigenvalue weighted by Gasteiger charge is -2.34. The Labute approximate surface area is 137 Å². The first-order valence-corrected chi connectivity index (χ1v) is 7.94. The lowest BCUT2D eigenvalue weighted by Crippen LogP contribution is -2.51. The molecule has 0 aromatic carbocycles. The highest BCUT2D eigenvalue weighted by Crippen LogP contribution is 2.32. The Morgan fingerprint density at radius 3 is 2.50 bits per heavy atom. The zero-order valence-electron chi connectivity index (χ0n) is 13.2. The molecule has 0 radical (unpaired) electrons. The molecule has 3 rings (SSSR count). The number of hydrogen-bond donors (Lipinski definition) is 2. The highest BCUT2D eigenvalue weighted by molar-refractivity contribution is 5.85. The van der Waals surface area contributed by atoms with Gasteiger partial charge in [0.2, 0.25) is 11.8 Å². The second kappa shape index (κ2) is 7.42. The normalized spacial score (nSPS) is 26.6. The molecule has 7 heteroatoms. The summed E-state index contributed by atoms with van der Waals surface area (Å²) in [6.45, 7) is 5.82. The number of halogens is 1. The topological polar surface area (TPSA) is 80.0 Å². The lowest BCUT2D eigenvalue weighted by atomic mass is 9.84. The van der Waals surface area contributed by atoms with Crippen LogP contribution in [0.5, 0.6) is 0 Å². The summed E-state index contributed by atoms with van der Waals surface area (Å²) in [5.74, 6) is 2.63. The van der Waals surface area contributed by atoms with Crippen LogP contribution in [0.25, 0.3) is 0 Å². The van der Waals surface area contributed by atoms with E-state index in [1.54, 1.807) is 0 Å². The number of nitrogens with one attached hydrogen (secondary N) is 2. The first kappa shape index (κ1) is 17.2. The Balaban J connectivity index is 0.00000176. The van der Waals surface area contributed by atoms with Gasteiger partial charge in [0.25, 0.3) is 0 Å². The van der Waals surface area contributed by atoms with Crippen molar-refractivity contribution in [2.75, 3.05) is 13.1 Å². The van der Waals surface area contributed by atoms with E-state index in [4.69, 9.17) is 4.52 Å². The molecule has 1 amide bonds. The van der Waals surface area contributed by atoms with Crippen LogP contribution in [-0.2, 0) is 4.79 Å². The van der Waals surface area contributed by atoms with Crippen molar-refractivity contribution >= 4 is 18.3 Å². The van der Waals surface area contributed by atoms with E-state index in [-0.39, 0.29) is 24.2 Å². The van der Waals surface area contributed by atoms with Crippen molar-refractivity contribution in [1.82, 2.24) is 20.8 Å². The summed E-state index contributed by atoms with van der Waals surface area (Å²) in [6.07, 6.45) is 4.00. The van der Waals surface area contributed by atoms with E-state index in [1.165, 1.54) is 0 Å². The number of nitrogens with zero attached hydrogens (tertiary/aromatic N) is 2. The highest BCUT2D eigenvalue weighted by Gasteiger charge is 2.31. The molecule has 1 aromatic heterocycles. The number of carbonyl (C=O) groups is 1. The lowest BCUT2D eigenvalue weighted by molar-refractivity contribution is -0.127. The molecule has 6 nitrogen and oxygen atoms in total. The molecule has 1 atom stereocenters. The average Bonchev–Trinajstić information content (AvgIpc) is 2.84. The van der Waals surface area contributed by atoms with E-state index < -0.39 is 0 Å². The van der Waals surface area contributed by atoms with Crippen LogP contribution in [-0.4, -0.2) is 35.2 Å². The molecule has 1 aliphatic carbocycles. The molecule has 1 unspecified atom stereocenters. The van der Waals surface area contributed by atoms with Crippen molar-refractivity contribution in [3.05, 3.63) is 11.7 Å². The largest absolute Gasteiger partial charge is 0.353 e. The Morgan fingerprint density at radius 2 is 2.00 bits per heavy atom. The maximum Gasteiger partial charge on any atom is 0.229 e. The summed E-state index contributed by atoms with van der Waals surface area (Å²) < 4.78 is 5.26. The van der Waals surface area contributed by atoms with Crippen molar-refractivity contribution < 1.29 is 9.32 Å². The summed E-state index contributed by atoms with van der Waals surface area (Å²) in [5.41, 5.74) is 0. The van der Waals surface area contributed by atoms with Crippen LogP contribution in [0, 0.1) is 18.8 Å². The Morgan fingerprint density at radius 1 is 1.32 bits per heavy atom. The monoisotopic (exact) mass is 328 g/mol. The molecule has 1 saturated carbocycles. The van der Waals surface area contributed by atoms with Crippen LogP contribution in [0.4, 0.5) is 0 Å². The van der Waals surface area contributed by atoms with Gasteiger partial charge >= 0.3 is 0 Å². The van der Waals surface area contributed by atoms with Gasteiger partial charge in [0.15, 0.2) is 5.82 Å². The number of rotatable bonds is 4. The molecule has 0 bridgehead atoms. The molecular formula is C15H25ClN4O2. The molecule has 1 saturated heterocycles. The van der Waals surface area contributed by atoms with Gasteiger partial charge in [-0.1, -0.05) is 12.1 Å². The van der Waals surface area contributed by atoms with Crippen molar-refractivity contribution in [1.29, 1.82) is 0 Å². The van der Waals surface area contributed by atoms with Gasteiger partial charge in [-0.25, -0.2) is 0 Å². The molecule has 2 aliphatic rings. The van der Waals surface area contributed by atoms with Crippen LogP contribution >= 0.6 is 12.4 Å². The van der Waals surface area contributed by atoms with Gasteiger partial charge in [-0.3, -0.25) is 4.79 Å². The molecule has 2 fully saturated rings. The number of amides is 1. The fourth-order valence-corrected chi connectivity index (χ4v) is 3.17. The Hall–Kier alpha value is -1.14. The van der Waals surface area contributed by atoms with E-state index in [0.29, 0.717) is 23.7 Å². The number of aryl methyl sites for hydroxylation is 1. The summed E-state index contributed by atoms with van der Waals surface area (Å²) in [4.78, 5) is 16.5. The SMILES string of the molecule is Cc1noc(C2CCC(NC(=O)C(C)C3CNC3)CC2)n1.Cl. The molecule has 1 aromatic rings. The predicted octanol–water partition coefficient (Wildman–Crippen LogP) is 1.80. The second-order valence-corrected chi connectivity index (χ2v) is 6.44. The minimum absolute atomic E-state index is 0. The van der Waals surface area contributed by atoms with Crippen LogP contribution < -0.4 is 10.6 Å². The number of carbonyl (C=O) groups excluding carboxylic acids is 1. The van der Waals surface area contributed by atoms with Gasteiger partial charge in [-0.15, -0.1) is 12.4 Å². The predicted molar refractivity (Wildman–Crippen MR) is 84.9 cm³/mol. The maximum atomic E-state index is 12.2. The van der Waals surface area contributed by atoms with Gasteiger partial charge in [-0.05, 0) is 51.6 Å². The summed E-state index contributed by atoms with van der Waals surface area (Å²) in [6, 6.07) is 0.299. The zero-order valence-corrected chi connectivity index (χ0v) is 14.0. The molecule has 22 heavy (non-hydrogen) atoms. The number of hydrogen-bond acceptors (Lipinski definition) is 5. The first-order chi connectivity index (χ1) is 10.1. The van der Waals surface area contributed by atoms with Crippen molar-refractivity contribution in [2.45, 2.75) is 51.5 Å². The fourth-order valence-electron chi connectivity index (χ4n) is 3.17. The van der Waals surface area contributed by atoms with Gasteiger partial charge in [0, 0.05) is 17.9 Å². The third-order valence-corrected chi connectivity index (χ3v) is 4.90. The Bertz CT molecular complexity index is 495. The van der Waals surface area contributed by atoms with Gasteiger partial charge in [0.05, 0.1) is 0 Å². The minimum Gasteiger partial charge on any atom is -0.353 e. The van der Waals surface area contributed by atoms with Crippen molar-refractivity contribution in [3.63, 3.8) is 0 Å². The molecule has 1 aliphatic heterocycles. The summed E-state index contributed by atoms with van der Waals surface area (Å²) in [7, 11) is 0. The van der Waals surface area contributed by atoms with Crippen molar-refractivity contribution in [2.24, 2.45) is 11.8 Å².